The van der Waals surface area contributed by atoms with Gasteiger partial charge in [-0.15, -0.1) is 0 Å². The summed E-state index contributed by atoms with van der Waals surface area (Å²) in [5.74, 6) is -0.358. The molecule has 0 saturated heterocycles. The van der Waals surface area contributed by atoms with Crippen LogP contribution in [-0.2, 0) is 10.0 Å². The lowest BCUT2D eigenvalue weighted by Crippen LogP contribution is -2.31. The Morgan fingerprint density at radius 2 is 1.67 bits per heavy atom. The Bertz CT molecular complexity index is 941. The Hall–Kier alpha value is -2.25. The fraction of sp³-hybridized carbons (Fsp3) is 0.400. The van der Waals surface area contributed by atoms with Crippen LogP contribution < -0.4 is 5.32 Å². The minimum atomic E-state index is -3.64. The molecule has 146 valence electrons. The fourth-order valence-electron chi connectivity index (χ4n) is 3.12. The first-order chi connectivity index (χ1) is 12.6. The minimum absolute atomic E-state index is 0.161. The van der Waals surface area contributed by atoms with E-state index in [-0.39, 0.29) is 10.8 Å². The van der Waals surface area contributed by atoms with Crippen LogP contribution in [-0.4, -0.2) is 36.7 Å². The van der Waals surface area contributed by atoms with Gasteiger partial charge >= 0.3 is 0 Å². The molecule has 1 aromatic heterocycles. The number of nitrogens with one attached hydrogen (secondary N) is 1. The van der Waals surface area contributed by atoms with Gasteiger partial charge in [-0.25, -0.2) is 8.42 Å². The smallest absolute Gasteiger partial charge is 0.255 e. The van der Waals surface area contributed by atoms with Gasteiger partial charge in [-0.3, -0.25) is 9.78 Å². The van der Waals surface area contributed by atoms with E-state index in [1.165, 1.54) is 10.4 Å². The SMILES string of the molecule is CCN(CC)S(=O)(=O)c1cc(C(=O)Nc2c(C)cc(C)nc2C)ccc1C. The Kier molecular flexibility index (Phi) is 6.38. The van der Waals surface area contributed by atoms with Gasteiger partial charge in [0, 0.05) is 24.3 Å². The van der Waals surface area contributed by atoms with Gasteiger partial charge < -0.3 is 5.32 Å². The average Bonchev–Trinajstić information content (AvgIpc) is 2.58. The first-order valence-electron chi connectivity index (χ1n) is 8.98. The third kappa shape index (κ3) is 4.36. The van der Waals surface area contributed by atoms with E-state index in [9.17, 15) is 13.2 Å². The van der Waals surface area contributed by atoms with E-state index >= 15 is 0 Å². The largest absolute Gasteiger partial charge is 0.320 e. The van der Waals surface area contributed by atoms with Crippen molar-refractivity contribution in [1.82, 2.24) is 9.29 Å². The molecule has 0 unspecified atom stereocenters. The van der Waals surface area contributed by atoms with Gasteiger partial charge in [0.25, 0.3) is 5.91 Å². The van der Waals surface area contributed by atoms with E-state index in [1.54, 1.807) is 32.9 Å². The standard InChI is InChI=1S/C20H27N3O3S/c1-7-23(8-2)27(25,26)18-12-17(10-9-13(18)3)20(24)22-19-14(4)11-15(5)21-16(19)6/h9-12H,7-8H2,1-6H3,(H,22,24). The zero-order valence-corrected chi connectivity index (χ0v) is 17.6. The summed E-state index contributed by atoms with van der Waals surface area (Å²) >= 11 is 0. The molecule has 1 amide bonds. The summed E-state index contributed by atoms with van der Waals surface area (Å²) in [6.45, 7) is 11.7. The molecule has 0 atom stereocenters. The lowest BCUT2D eigenvalue weighted by Gasteiger charge is -2.20. The van der Waals surface area contributed by atoms with Crippen LogP contribution in [0.3, 0.4) is 0 Å². The van der Waals surface area contributed by atoms with Crippen molar-refractivity contribution in [2.24, 2.45) is 0 Å². The lowest BCUT2D eigenvalue weighted by molar-refractivity contribution is 0.102. The Morgan fingerprint density at radius 3 is 2.22 bits per heavy atom. The molecule has 2 aromatic rings. The van der Waals surface area contributed by atoms with Crippen molar-refractivity contribution < 1.29 is 13.2 Å². The number of carbonyl (C=O) groups is 1. The molecule has 0 radical (unpaired) electrons. The molecule has 1 heterocycles. The number of rotatable bonds is 6. The number of carbonyl (C=O) groups excluding carboxylic acids is 1. The van der Waals surface area contributed by atoms with Crippen LogP contribution in [0.1, 0.15) is 46.7 Å². The summed E-state index contributed by atoms with van der Waals surface area (Å²) in [6.07, 6.45) is 0. The normalized spacial score (nSPS) is 11.7. The summed E-state index contributed by atoms with van der Waals surface area (Å²) in [4.78, 5) is 17.3. The number of hydrogen-bond donors (Lipinski definition) is 1. The van der Waals surface area contributed by atoms with Gasteiger partial charge in [-0.1, -0.05) is 19.9 Å². The van der Waals surface area contributed by atoms with E-state index in [4.69, 9.17) is 0 Å². The quantitative estimate of drug-likeness (QED) is 0.819. The van der Waals surface area contributed by atoms with Crippen molar-refractivity contribution in [2.75, 3.05) is 18.4 Å². The highest BCUT2D eigenvalue weighted by Gasteiger charge is 2.25. The maximum Gasteiger partial charge on any atom is 0.255 e. The van der Waals surface area contributed by atoms with Gasteiger partial charge in [-0.05, 0) is 57.0 Å². The number of nitrogens with zero attached hydrogens (tertiary/aromatic N) is 2. The number of pyridine rings is 1. The topological polar surface area (TPSA) is 79.4 Å². The molecule has 1 aromatic carbocycles. The molecule has 0 fully saturated rings. The monoisotopic (exact) mass is 389 g/mol. The van der Waals surface area contributed by atoms with Crippen molar-refractivity contribution in [3.05, 3.63) is 52.3 Å². The summed E-state index contributed by atoms with van der Waals surface area (Å²) in [7, 11) is -3.64. The van der Waals surface area contributed by atoms with Crippen LogP contribution in [0.2, 0.25) is 0 Å². The number of anilines is 1. The molecular weight excluding hydrogens is 362 g/mol. The number of aromatic nitrogens is 1. The third-order valence-electron chi connectivity index (χ3n) is 4.54. The molecule has 2 rings (SSSR count). The molecule has 1 N–H and O–H groups in total. The highest BCUT2D eigenvalue weighted by atomic mass is 32.2. The highest BCUT2D eigenvalue weighted by molar-refractivity contribution is 7.89. The predicted molar refractivity (Wildman–Crippen MR) is 108 cm³/mol. The Labute approximate surface area is 161 Å². The molecule has 0 aliphatic rings. The molecule has 0 saturated carbocycles. The first kappa shape index (κ1) is 21.1. The number of hydrogen-bond acceptors (Lipinski definition) is 4. The number of sulfonamides is 1. The van der Waals surface area contributed by atoms with Crippen molar-refractivity contribution in [3.8, 4) is 0 Å². The zero-order chi connectivity index (χ0) is 20.4. The van der Waals surface area contributed by atoms with Gasteiger partial charge in [0.1, 0.15) is 0 Å². The van der Waals surface area contributed by atoms with E-state index in [0.29, 0.717) is 29.9 Å². The van der Waals surface area contributed by atoms with Gasteiger partial charge in [0.2, 0.25) is 10.0 Å². The number of aryl methyl sites for hydroxylation is 4. The number of amides is 1. The van der Waals surface area contributed by atoms with Crippen LogP contribution in [0.4, 0.5) is 5.69 Å². The van der Waals surface area contributed by atoms with Gasteiger partial charge in [0.05, 0.1) is 16.3 Å². The second-order valence-corrected chi connectivity index (χ2v) is 8.47. The minimum Gasteiger partial charge on any atom is -0.320 e. The van der Waals surface area contributed by atoms with Crippen molar-refractivity contribution in [1.29, 1.82) is 0 Å². The van der Waals surface area contributed by atoms with Gasteiger partial charge in [0.15, 0.2) is 0 Å². The average molecular weight is 390 g/mol. The Balaban J connectivity index is 2.42. The lowest BCUT2D eigenvalue weighted by atomic mass is 10.1. The molecule has 6 nitrogen and oxygen atoms in total. The molecule has 0 bridgehead atoms. The summed E-state index contributed by atoms with van der Waals surface area (Å²) < 4.78 is 27.1. The second-order valence-electron chi connectivity index (χ2n) is 6.56. The van der Waals surface area contributed by atoms with Crippen molar-refractivity contribution >= 4 is 21.6 Å². The van der Waals surface area contributed by atoms with Crippen LogP contribution >= 0.6 is 0 Å². The zero-order valence-electron chi connectivity index (χ0n) is 16.8. The molecule has 0 aliphatic heterocycles. The van der Waals surface area contributed by atoms with E-state index in [2.05, 4.69) is 10.3 Å². The summed E-state index contributed by atoms with van der Waals surface area (Å²) in [5, 5.41) is 2.87. The predicted octanol–water partition coefficient (Wildman–Crippen LogP) is 3.60. The first-order valence-corrected chi connectivity index (χ1v) is 10.4. The van der Waals surface area contributed by atoms with E-state index < -0.39 is 10.0 Å². The second kappa shape index (κ2) is 8.19. The van der Waals surface area contributed by atoms with Gasteiger partial charge in [-0.2, -0.15) is 4.31 Å². The molecule has 0 spiro atoms. The molecule has 27 heavy (non-hydrogen) atoms. The van der Waals surface area contributed by atoms with E-state index in [1.807, 2.05) is 26.8 Å². The van der Waals surface area contributed by atoms with Crippen LogP contribution in [0.5, 0.6) is 0 Å². The molecule has 0 aliphatic carbocycles. The highest BCUT2D eigenvalue weighted by Crippen LogP contribution is 2.24. The van der Waals surface area contributed by atoms with Crippen molar-refractivity contribution in [3.63, 3.8) is 0 Å². The Morgan fingerprint density at radius 1 is 1.04 bits per heavy atom. The molecule has 7 heteroatoms. The van der Waals surface area contributed by atoms with Crippen molar-refractivity contribution in [2.45, 2.75) is 46.4 Å². The maximum atomic E-state index is 12.9. The van der Waals surface area contributed by atoms with Crippen LogP contribution in [0, 0.1) is 27.7 Å². The summed E-state index contributed by atoms with van der Waals surface area (Å²) in [5.41, 5.74) is 4.08. The molecular formula is C20H27N3O3S. The van der Waals surface area contributed by atoms with E-state index in [0.717, 1.165) is 17.0 Å². The maximum absolute atomic E-state index is 12.9. The fourth-order valence-corrected chi connectivity index (χ4v) is 4.83. The third-order valence-corrected chi connectivity index (χ3v) is 6.73. The van der Waals surface area contributed by atoms with Crippen LogP contribution in [0.15, 0.2) is 29.2 Å². The number of benzene rings is 1. The summed E-state index contributed by atoms with van der Waals surface area (Å²) in [6, 6.07) is 6.65. The van der Waals surface area contributed by atoms with Crippen LogP contribution in [0.25, 0.3) is 0 Å².